The highest BCUT2D eigenvalue weighted by Gasteiger charge is 2.30. The van der Waals surface area contributed by atoms with Gasteiger partial charge in [-0.2, -0.15) is 0 Å². The lowest BCUT2D eigenvalue weighted by Crippen LogP contribution is -2.39. The molecule has 1 atom stereocenters. The first-order chi connectivity index (χ1) is 9.80. The zero-order chi connectivity index (χ0) is 15.5. The van der Waals surface area contributed by atoms with Crippen molar-refractivity contribution >= 4 is 9.84 Å². The number of aliphatic hydroxyl groups is 2. The molecule has 2 rings (SSSR count). The van der Waals surface area contributed by atoms with Gasteiger partial charge in [0.25, 0.3) is 0 Å². The van der Waals surface area contributed by atoms with E-state index in [1.54, 1.807) is 12.1 Å². The van der Waals surface area contributed by atoms with E-state index in [9.17, 15) is 18.6 Å². The Morgan fingerprint density at radius 2 is 1.81 bits per heavy atom. The molecule has 21 heavy (non-hydrogen) atoms. The van der Waals surface area contributed by atoms with Crippen LogP contribution in [0, 0.1) is 0 Å². The second kappa shape index (κ2) is 6.44. The molecule has 1 aliphatic carbocycles. The summed E-state index contributed by atoms with van der Waals surface area (Å²) in [6.45, 7) is 0.812. The Morgan fingerprint density at radius 3 is 2.33 bits per heavy atom. The highest BCUT2D eigenvalue weighted by Crippen LogP contribution is 2.28. The lowest BCUT2D eigenvalue weighted by Gasteiger charge is -2.23. The summed E-state index contributed by atoms with van der Waals surface area (Å²) in [5.41, 5.74) is 0.0215. The largest absolute Gasteiger partial charge is 0.389 e. The third-order valence-electron chi connectivity index (χ3n) is 4.02. The van der Waals surface area contributed by atoms with Crippen LogP contribution >= 0.6 is 0 Å². The molecule has 0 spiro atoms. The summed E-state index contributed by atoms with van der Waals surface area (Å²) in [5.74, 6) is 0. The summed E-state index contributed by atoms with van der Waals surface area (Å²) in [5, 5.41) is 23.4. The molecule has 1 aliphatic rings. The van der Waals surface area contributed by atoms with Gasteiger partial charge in [-0.1, -0.05) is 25.0 Å². The quantitative estimate of drug-likeness (QED) is 0.730. The predicted molar refractivity (Wildman–Crippen MR) is 80.8 cm³/mol. The highest BCUT2D eigenvalue weighted by molar-refractivity contribution is 7.90. The van der Waals surface area contributed by atoms with Gasteiger partial charge in [-0.25, -0.2) is 8.42 Å². The summed E-state index contributed by atoms with van der Waals surface area (Å²) >= 11 is 0. The third-order valence-corrected chi connectivity index (χ3v) is 5.15. The van der Waals surface area contributed by atoms with Crippen LogP contribution in [-0.4, -0.2) is 43.6 Å². The fraction of sp³-hybridized carbons (Fsp3) is 0.600. The van der Waals surface area contributed by atoms with Crippen molar-refractivity contribution in [3.05, 3.63) is 29.8 Å². The van der Waals surface area contributed by atoms with Crippen LogP contribution in [0.15, 0.2) is 29.2 Å². The average Bonchev–Trinajstić information content (AvgIpc) is 2.85. The van der Waals surface area contributed by atoms with Crippen molar-refractivity contribution < 1.29 is 18.6 Å². The molecule has 0 amide bonds. The molecule has 1 aromatic rings. The van der Waals surface area contributed by atoms with Crippen molar-refractivity contribution in [1.29, 1.82) is 0 Å². The van der Waals surface area contributed by atoms with E-state index < -0.39 is 21.5 Å². The monoisotopic (exact) mass is 313 g/mol. The maximum atomic E-state index is 11.4. The minimum Gasteiger partial charge on any atom is -0.389 e. The Hall–Kier alpha value is -0.950. The number of hydrogen-bond acceptors (Lipinski definition) is 5. The van der Waals surface area contributed by atoms with Gasteiger partial charge in [0, 0.05) is 19.3 Å². The molecular weight excluding hydrogens is 290 g/mol. The van der Waals surface area contributed by atoms with Crippen LogP contribution in [0.4, 0.5) is 0 Å². The molecule has 6 heteroatoms. The van der Waals surface area contributed by atoms with Crippen LogP contribution < -0.4 is 5.32 Å². The van der Waals surface area contributed by atoms with Crippen LogP contribution in [0.2, 0.25) is 0 Å². The van der Waals surface area contributed by atoms with Crippen LogP contribution in [0.1, 0.15) is 37.4 Å². The number of hydrogen-bond donors (Lipinski definition) is 3. The molecule has 0 aliphatic heterocycles. The summed E-state index contributed by atoms with van der Waals surface area (Å²) in [6, 6.07) is 6.23. The molecule has 118 valence electrons. The van der Waals surface area contributed by atoms with E-state index in [0.717, 1.165) is 31.9 Å². The third kappa shape index (κ3) is 4.51. The number of aliphatic hydroxyl groups excluding tert-OH is 1. The molecule has 3 N–H and O–H groups in total. The maximum Gasteiger partial charge on any atom is 0.175 e. The minimum atomic E-state index is -3.21. The van der Waals surface area contributed by atoms with Crippen LogP contribution in [-0.2, 0) is 9.84 Å². The van der Waals surface area contributed by atoms with Gasteiger partial charge in [0.05, 0.1) is 16.6 Å². The zero-order valence-electron chi connectivity index (χ0n) is 12.2. The Labute approximate surface area is 125 Å². The molecule has 0 aromatic heterocycles. The van der Waals surface area contributed by atoms with E-state index in [1.165, 1.54) is 12.1 Å². The Morgan fingerprint density at radius 1 is 1.24 bits per heavy atom. The van der Waals surface area contributed by atoms with Gasteiger partial charge in [-0.05, 0) is 30.5 Å². The molecule has 0 bridgehead atoms. The average molecular weight is 313 g/mol. The zero-order valence-corrected chi connectivity index (χ0v) is 13.1. The lowest BCUT2D eigenvalue weighted by molar-refractivity contribution is 0.0438. The molecule has 1 saturated carbocycles. The van der Waals surface area contributed by atoms with Crippen molar-refractivity contribution in [1.82, 2.24) is 5.32 Å². The predicted octanol–water partition coefficient (Wildman–Crippen LogP) is 1.02. The van der Waals surface area contributed by atoms with Crippen molar-refractivity contribution in [3.8, 4) is 0 Å². The fourth-order valence-corrected chi connectivity index (χ4v) is 3.34. The molecule has 0 heterocycles. The Bertz CT molecular complexity index is 562. The standard InChI is InChI=1S/C15H23NO4S/c1-21(19,20)13-6-4-12(5-7-13)14(17)10-16-11-15(18)8-2-3-9-15/h4-7,14,16-18H,2-3,8-11H2,1H3. The lowest BCUT2D eigenvalue weighted by atomic mass is 10.0. The van der Waals surface area contributed by atoms with E-state index in [1.807, 2.05) is 0 Å². The first kappa shape index (κ1) is 16.4. The smallest absolute Gasteiger partial charge is 0.175 e. The van der Waals surface area contributed by atoms with Gasteiger partial charge in [-0.15, -0.1) is 0 Å². The van der Waals surface area contributed by atoms with Crippen molar-refractivity contribution in [2.75, 3.05) is 19.3 Å². The van der Waals surface area contributed by atoms with Gasteiger partial charge in [0.1, 0.15) is 0 Å². The number of benzene rings is 1. The molecule has 1 aromatic carbocycles. The summed E-state index contributed by atoms with van der Waals surface area (Å²) in [7, 11) is -3.21. The summed E-state index contributed by atoms with van der Waals surface area (Å²) in [6.07, 6.45) is 4.14. The first-order valence-electron chi connectivity index (χ1n) is 7.21. The van der Waals surface area contributed by atoms with Gasteiger partial charge >= 0.3 is 0 Å². The molecule has 5 nitrogen and oxygen atoms in total. The minimum absolute atomic E-state index is 0.242. The van der Waals surface area contributed by atoms with E-state index in [-0.39, 0.29) is 4.90 Å². The molecular formula is C15H23NO4S. The number of sulfone groups is 1. The van der Waals surface area contributed by atoms with Crippen LogP contribution in [0.25, 0.3) is 0 Å². The van der Waals surface area contributed by atoms with Gasteiger partial charge in [0.15, 0.2) is 9.84 Å². The van der Waals surface area contributed by atoms with Crippen LogP contribution in [0.3, 0.4) is 0 Å². The van der Waals surface area contributed by atoms with E-state index >= 15 is 0 Å². The second-order valence-corrected chi connectivity index (χ2v) is 7.94. The summed E-state index contributed by atoms with van der Waals surface area (Å²) in [4.78, 5) is 0.242. The highest BCUT2D eigenvalue weighted by atomic mass is 32.2. The fourth-order valence-electron chi connectivity index (χ4n) is 2.71. The molecule has 1 unspecified atom stereocenters. The Kier molecular flexibility index (Phi) is 5.03. The van der Waals surface area contributed by atoms with Gasteiger partial charge < -0.3 is 15.5 Å². The van der Waals surface area contributed by atoms with E-state index in [0.29, 0.717) is 18.7 Å². The number of nitrogens with one attached hydrogen (secondary N) is 1. The maximum absolute atomic E-state index is 11.4. The van der Waals surface area contributed by atoms with Crippen molar-refractivity contribution in [3.63, 3.8) is 0 Å². The van der Waals surface area contributed by atoms with Crippen molar-refractivity contribution in [2.24, 2.45) is 0 Å². The second-order valence-electron chi connectivity index (χ2n) is 5.92. The normalized spacial score (nSPS) is 19.6. The molecule has 0 radical (unpaired) electrons. The first-order valence-corrected chi connectivity index (χ1v) is 9.10. The SMILES string of the molecule is CS(=O)(=O)c1ccc(C(O)CNCC2(O)CCCC2)cc1. The summed E-state index contributed by atoms with van der Waals surface area (Å²) < 4.78 is 22.7. The van der Waals surface area contributed by atoms with E-state index in [2.05, 4.69) is 5.32 Å². The molecule has 1 fully saturated rings. The Balaban J connectivity index is 1.87. The number of rotatable bonds is 6. The topological polar surface area (TPSA) is 86.6 Å². The molecule has 0 saturated heterocycles. The van der Waals surface area contributed by atoms with Gasteiger partial charge in [-0.3, -0.25) is 0 Å². The van der Waals surface area contributed by atoms with Crippen LogP contribution in [0.5, 0.6) is 0 Å². The van der Waals surface area contributed by atoms with Gasteiger partial charge in [0.2, 0.25) is 0 Å². The van der Waals surface area contributed by atoms with E-state index in [4.69, 9.17) is 0 Å². The van der Waals surface area contributed by atoms with Crippen molar-refractivity contribution in [2.45, 2.75) is 42.3 Å².